The number of halogens is 2. The van der Waals surface area contributed by atoms with Crippen LogP contribution in [0.3, 0.4) is 0 Å². The molecule has 1 aliphatic rings. The zero-order valence-electron chi connectivity index (χ0n) is 12.1. The summed E-state index contributed by atoms with van der Waals surface area (Å²) in [5.41, 5.74) is 11.2. The van der Waals surface area contributed by atoms with Crippen LogP contribution in [0.2, 0.25) is 10.0 Å². The van der Waals surface area contributed by atoms with Gasteiger partial charge in [-0.2, -0.15) is 0 Å². The van der Waals surface area contributed by atoms with E-state index in [1.807, 2.05) is 36.5 Å². The first-order chi connectivity index (χ1) is 11.1. The molecule has 1 aliphatic carbocycles. The monoisotopic (exact) mass is 341 g/mol. The Labute approximate surface area is 144 Å². The predicted molar refractivity (Wildman–Crippen MR) is 93.9 cm³/mol. The average Bonchev–Trinajstić information content (AvgIpc) is 2.57. The summed E-state index contributed by atoms with van der Waals surface area (Å²) < 4.78 is 0. The van der Waals surface area contributed by atoms with E-state index in [0.29, 0.717) is 16.0 Å². The lowest BCUT2D eigenvalue weighted by molar-refractivity contribution is 0.783. The van der Waals surface area contributed by atoms with Crippen LogP contribution in [0.5, 0.6) is 0 Å². The van der Waals surface area contributed by atoms with Crippen LogP contribution in [0.25, 0.3) is 11.3 Å². The van der Waals surface area contributed by atoms with Crippen LogP contribution in [0, 0.1) is 0 Å². The fraction of sp³-hybridized carbons (Fsp3) is 0.111. The highest BCUT2D eigenvalue weighted by Crippen LogP contribution is 2.42. The molecule has 0 amide bonds. The summed E-state index contributed by atoms with van der Waals surface area (Å²) in [6, 6.07) is 14.1. The smallest absolute Gasteiger partial charge is 0.220 e. The Morgan fingerprint density at radius 3 is 2.70 bits per heavy atom. The molecule has 3 aromatic rings. The van der Waals surface area contributed by atoms with Crippen LogP contribution in [0.4, 0.5) is 5.95 Å². The van der Waals surface area contributed by atoms with Gasteiger partial charge in [0.25, 0.3) is 0 Å². The molecule has 1 aromatic heterocycles. The van der Waals surface area contributed by atoms with Crippen molar-refractivity contribution in [1.82, 2.24) is 9.97 Å². The average molecular weight is 342 g/mol. The van der Waals surface area contributed by atoms with Crippen LogP contribution in [-0.4, -0.2) is 9.97 Å². The molecule has 0 spiro atoms. The topological polar surface area (TPSA) is 51.8 Å². The summed E-state index contributed by atoms with van der Waals surface area (Å²) in [5.74, 6) is 0.493. The van der Waals surface area contributed by atoms with E-state index in [1.54, 1.807) is 0 Å². The molecular formula is C18H13Cl2N3. The minimum Gasteiger partial charge on any atom is -0.368 e. The van der Waals surface area contributed by atoms with Crippen LogP contribution in [0.1, 0.15) is 22.6 Å². The molecule has 0 fully saturated rings. The zero-order chi connectivity index (χ0) is 16.0. The number of aromatic nitrogens is 2. The van der Waals surface area contributed by atoms with E-state index in [9.17, 15) is 0 Å². The lowest BCUT2D eigenvalue weighted by Crippen LogP contribution is -2.15. The quantitative estimate of drug-likeness (QED) is 0.696. The van der Waals surface area contributed by atoms with Crippen LogP contribution in [0.15, 0.2) is 48.7 Å². The molecular weight excluding hydrogens is 329 g/mol. The van der Waals surface area contributed by atoms with Crippen molar-refractivity contribution in [1.29, 1.82) is 0 Å². The van der Waals surface area contributed by atoms with Crippen molar-refractivity contribution >= 4 is 29.2 Å². The van der Waals surface area contributed by atoms with E-state index in [-0.39, 0.29) is 5.92 Å². The third kappa shape index (κ3) is 2.46. The molecule has 0 unspecified atom stereocenters. The number of hydrogen-bond acceptors (Lipinski definition) is 3. The van der Waals surface area contributed by atoms with Crippen molar-refractivity contribution in [3.8, 4) is 11.3 Å². The van der Waals surface area contributed by atoms with E-state index >= 15 is 0 Å². The van der Waals surface area contributed by atoms with Gasteiger partial charge in [-0.25, -0.2) is 9.97 Å². The Morgan fingerprint density at radius 1 is 1.04 bits per heavy atom. The van der Waals surface area contributed by atoms with E-state index in [4.69, 9.17) is 28.9 Å². The van der Waals surface area contributed by atoms with Crippen molar-refractivity contribution in [3.63, 3.8) is 0 Å². The van der Waals surface area contributed by atoms with Crippen LogP contribution in [-0.2, 0) is 6.42 Å². The number of hydrogen-bond donors (Lipinski definition) is 1. The molecule has 3 nitrogen and oxygen atoms in total. The number of nitrogen functional groups attached to an aromatic ring is 1. The van der Waals surface area contributed by atoms with Crippen molar-refractivity contribution in [2.45, 2.75) is 12.3 Å². The van der Waals surface area contributed by atoms with Gasteiger partial charge in [0.2, 0.25) is 5.95 Å². The van der Waals surface area contributed by atoms with Crippen LogP contribution < -0.4 is 5.73 Å². The molecule has 4 rings (SSSR count). The normalized spacial score (nSPS) is 15.8. The van der Waals surface area contributed by atoms with Gasteiger partial charge in [0, 0.05) is 17.7 Å². The Morgan fingerprint density at radius 2 is 1.87 bits per heavy atom. The fourth-order valence-electron chi connectivity index (χ4n) is 3.18. The minimum absolute atomic E-state index is 0.195. The third-order valence-corrected chi connectivity index (χ3v) is 4.98. The Balaban J connectivity index is 1.90. The van der Waals surface area contributed by atoms with Crippen molar-refractivity contribution in [3.05, 3.63) is 75.4 Å². The minimum atomic E-state index is 0.195. The summed E-state index contributed by atoms with van der Waals surface area (Å²) in [6.45, 7) is 0. The second kappa shape index (κ2) is 5.52. The van der Waals surface area contributed by atoms with E-state index in [1.165, 1.54) is 5.56 Å². The molecule has 0 aliphatic heterocycles. The van der Waals surface area contributed by atoms with Gasteiger partial charge in [0.05, 0.1) is 15.7 Å². The third-order valence-electron chi connectivity index (χ3n) is 4.24. The van der Waals surface area contributed by atoms with E-state index < -0.39 is 0 Å². The summed E-state index contributed by atoms with van der Waals surface area (Å²) in [7, 11) is 0. The number of rotatable bonds is 1. The molecule has 2 N–H and O–H groups in total. The Kier molecular flexibility index (Phi) is 3.47. The largest absolute Gasteiger partial charge is 0.368 e. The molecule has 1 heterocycles. The molecule has 0 saturated carbocycles. The van der Waals surface area contributed by atoms with Gasteiger partial charge in [0.15, 0.2) is 0 Å². The van der Waals surface area contributed by atoms with Gasteiger partial charge in [0.1, 0.15) is 0 Å². The summed E-state index contributed by atoms with van der Waals surface area (Å²) in [4.78, 5) is 8.58. The highest BCUT2D eigenvalue weighted by atomic mass is 35.5. The van der Waals surface area contributed by atoms with Crippen molar-refractivity contribution in [2.24, 2.45) is 0 Å². The Bertz CT molecular complexity index is 909. The maximum atomic E-state index is 6.21. The number of nitrogens with two attached hydrogens (primary N) is 1. The van der Waals surface area contributed by atoms with Crippen molar-refractivity contribution in [2.75, 3.05) is 5.73 Å². The molecule has 2 aromatic carbocycles. The van der Waals surface area contributed by atoms with Crippen molar-refractivity contribution < 1.29 is 0 Å². The molecule has 5 heteroatoms. The first kappa shape index (κ1) is 14.5. The Hall–Kier alpha value is -2.10. The molecule has 0 radical (unpaired) electrons. The summed E-state index contributed by atoms with van der Waals surface area (Å²) in [5, 5.41) is 1.14. The number of anilines is 1. The lowest BCUT2D eigenvalue weighted by atomic mass is 9.78. The second-order valence-corrected chi connectivity index (χ2v) is 6.43. The molecule has 1 atom stereocenters. The van der Waals surface area contributed by atoms with Gasteiger partial charge in [-0.1, -0.05) is 53.5 Å². The number of nitrogens with zero attached hydrogens (tertiary/aromatic N) is 2. The maximum absolute atomic E-state index is 6.21. The molecule has 114 valence electrons. The number of fused-ring (bicyclic) bond motifs is 3. The molecule has 0 saturated heterocycles. The standard InChI is InChI=1S/C18H13Cl2N3/c19-15-6-5-10(8-16(15)20)14-7-11-9-22-18(21)23-17(11)13-4-2-1-3-12(13)14/h1-6,8-9,14H,7H2,(H2,21,22,23)/t14-/m1/s1. The van der Waals surface area contributed by atoms with Crippen LogP contribution >= 0.6 is 23.2 Å². The van der Waals surface area contributed by atoms with Gasteiger partial charge >= 0.3 is 0 Å². The van der Waals surface area contributed by atoms with Gasteiger partial charge < -0.3 is 5.73 Å². The van der Waals surface area contributed by atoms with Gasteiger partial charge in [-0.15, -0.1) is 0 Å². The number of benzene rings is 2. The van der Waals surface area contributed by atoms with E-state index in [2.05, 4.69) is 22.1 Å². The van der Waals surface area contributed by atoms with Gasteiger partial charge in [-0.3, -0.25) is 0 Å². The van der Waals surface area contributed by atoms with Gasteiger partial charge in [-0.05, 0) is 35.2 Å². The molecule has 23 heavy (non-hydrogen) atoms. The highest BCUT2D eigenvalue weighted by molar-refractivity contribution is 6.42. The first-order valence-corrected chi connectivity index (χ1v) is 8.04. The summed E-state index contributed by atoms with van der Waals surface area (Å²) in [6.07, 6.45) is 2.63. The highest BCUT2D eigenvalue weighted by Gasteiger charge is 2.27. The second-order valence-electron chi connectivity index (χ2n) is 5.62. The molecule has 0 bridgehead atoms. The zero-order valence-corrected chi connectivity index (χ0v) is 13.6. The fourth-order valence-corrected chi connectivity index (χ4v) is 3.48. The maximum Gasteiger partial charge on any atom is 0.220 e. The first-order valence-electron chi connectivity index (χ1n) is 7.29. The lowest BCUT2D eigenvalue weighted by Gasteiger charge is -2.27. The summed E-state index contributed by atoms with van der Waals surface area (Å²) >= 11 is 12.3. The SMILES string of the molecule is Nc1ncc2c(n1)-c1ccccc1[C@@H](c1ccc(Cl)c(Cl)c1)C2. The predicted octanol–water partition coefficient (Wildman–Crippen LogP) is 4.72. The van der Waals surface area contributed by atoms with E-state index in [0.717, 1.165) is 28.8 Å².